The molecule has 2 heterocycles. The van der Waals surface area contributed by atoms with Crippen LogP contribution in [0, 0.1) is 6.92 Å². The van der Waals surface area contributed by atoms with Gasteiger partial charge in [0.25, 0.3) is 5.91 Å². The van der Waals surface area contributed by atoms with Crippen LogP contribution in [0.25, 0.3) is 10.7 Å². The highest BCUT2D eigenvalue weighted by Crippen LogP contribution is 2.25. The van der Waals surface area contributed by atoms with Gasteiger partial charge in [0.1, 0.15) is 0 Å². The van der Waals surface area contributed by atoms with E-state index in [9.17, 15) is 4.79 Å². The van der Waals surface area contributed by atoms with Crippen LogP contribution >= 0.6 is 22.9 Å². The summed E-state index contributed by atoms with van der Waals surface area (Å²) < 4.78 is 4.25. The molecule has 4 nitrogen and oxygen atoms in total. The number of anilines is 1. The molecule has 0 aliphatic rings. The minimum absolute atomic E-state index is 0.156. The molecule has 0 bridgehead atoms. The minimum atomic E-state index is -0.156. The number of benzene rings is 1. The van der Waals surface area contributed by atoms with Crippen molar-refractivity contribution in [2.45, 2.75) is 6.92 Å². The van der Waals surface area contributed by atoms with E-state index in [1.165, 1.54) is 11.5 Å². The number of nitrogens with zero attached hydrogens (tertiary/aromatic N) is 2. The molecule has 3 aromatic rings. The Bertz CT molecular complexity index is 734. The van der Waals surface area contributed by atoms with Crippen molar-refractivity contribution in [3.8, 4) is 10.7 Å². The molecule has 100 valence electrons. The van der Waals surface area contributed by atoms with Gasteiger partial charge in [-0.05, 0) is 30.0 Å². The Morgan fingerprint density at radius 1 is 1.20 bits per heavy atom. The van der Waals surface area contributed by atoms with Crippen LogP contribution in [-0.4, -0.2) is 15.3 Å². The first kappa shape index (κ1) is 13.0. The van der Waals surface area contributed by atoms with Crippen molar-refractivity contribution in [2.75, 3.05) is 5.32 Å². The van der Waals surface area contributed by atoms with E-state index >= 15 is 0 Å². The van der Waals surface area contributed by atoms with Crippen molar-refractivity contribution in [2.24, 2.45) is 0 Å². The Balaban J connectivity index is 1.79. The lowest BCUT2D eigenvalue weighted by atomic mass is 10.1. The SMILES string of the molecule is Cc1ccccc1C(=O)Nc1nc(-c2cccs2)ns1. The average molecular weight is 301 g/mol. The number of amides is 1. The van der Waals surface area contributed by atoms with E-state index in [0.29, 0.717) is 16.5 Å². The van der Waals surface area contributed by atoms with Gasteiger partial charge < -0.3 is 0 Å². The van der Waals surface area contributed by atoms with Gasteiger partial charge in [0.2, 0.25) is 5.13 Å². The fourth-order valence-corrected chi connectivity index (χ4v) is 3.07. The van der Waals surface area contributed by atoms with Gasteiger partial charge in [0, 0.05) is 17.1 Å². The van der Waals surface area contributed by atoms with Gasteiger partial charge in [0.15, 0.2) is 5.82 Å². The van der Waals surface area contributed by atoms with E-state index in [4.69, 9.17) is 0 Å². The molecule has 20 heavy (non-hydrogen) atoms. The molecule has 0 saturated carbocycles. The Morgan fingerprint density at radius 2 is 2.05 bits per heavy atom. The van der Waals surface area contributed by atoms with E-state index in [0.717, 1.165) is 10.4 Å². The Hall–Kier alpha value is -2.05. The van der Waals surface area contributed by atoms with Gasteiger partial charge in [-0.1, -0.05) is 24.3 Å². The second kappa shape index (κ2) is 5.52. The summed E-state index contributed by atoms with van der Waals surface area (Å²) in [6, 6.07) is 11.4. The first-order valence-corrected chi connectivity index (χ1v) is 7.64. The lowest BCUT2D eigenvalue weighted by molar-refractivity contribution is 0.102. The molecule has 0 aliphatic heterocycles. The summed E-state index contributed by atoms with van der Waals surface area (Å²) in [6.07, 6.45) is 0. The lowest BCUT2D eigenvalue weighted by Crippen LogP contribution is -2.12. The summed E-state index contributed by atoms with van der Waals surface area (Å²) in [6.45, 7) is 1.91. The molecule has 0 aliphatic carbocycles. The summed E-state index contributed by atoms with van der Waals surface area (Å²) in [5.41, 5.74) is 1.59. The number of aryl methyl sites for hydroxylation is 1. The summed E-state index contributed by atoms with van der Waals surface area (Å²) in [7, 11) is 0. The number of hydrogen-bond donors (Lipinski definition) is 1. The summed E-state index contributed by atoms with van der Waals surface area (Å²) in [5, 5.41) is 5.28. The third-order valence-corrected chi connectivity index (χ3v) is 4.27. The lowest BCUT2D eigenvalue weighted by Gasteiger charge is -2.03. The van der Waals surface area contributed by atoms with E-state index in [-0.39, 0.29) is 5.91 Å². The number of aromatic nitrogens is 2. The molecule has 6 heteroatoms. The Morgan fingerprint density at radius 3 is 2.80 bits per heavy atom. The summed E-state index contributed by atoms with van der Waals surface area (Å²) in [4.78, 5) is 17.5. The number of hydrogen-bond acceptors (Lipinski definition) is 5. The van der Waals surface area contributed by atoms with Gasteiger partial charge in [0.05, 0.1) is 4.88 Å². The van der Waals surface area contributed by atoms with Gasteiger partial charge >= 0.3 is 0 Å². The molecule has 1 N–H and O–H groups in total. The van der Waals surface area contributed by atoms with E-state index < -0.39 is 0 Å². The monoisotopic (exact) mass is 301 g/mol. The van der Waals surface area contributed by atoms with Crippen LogP contribution in [-0.2, 0) is 0 Å². The van der Waals surface area contributed by atoms with Crippen LogP contribution in [0.3, 0.4) is 0 Å². The standard InChI is InChI=1S/C14H11N3OS2/c1-9-5-2-3-6-10(9)13(18)16-14-15-12(17-20-14)11-7-4-8-19-11/h2-8H,1H3,(H,15,16,17,18). The van der Waals surface area contributed by atoms with Crippen LogP contribution in [0.1, 0.15) is 15.9 Å². The van der Waals surface area contributed by atoms with Crippen molar-refractivity contribution in [3.63, 3.8) is 0 Å². The largest absolute Gasteiger partial charge is 0.297 e. The smallest absolute Gasteiger partial charge is 0.257 e. The Kier molecular flexibility index (Phi) is 3.58. The van der Waals surface area contributed by atoms with Crippen molar-refractivity contribution in [3.05, 3.63) is 52.9 Å². The molecule has 0 spiro atoms. The number of nitrogens with one attached hydrogen (secondary N) is 1. The highest BCUT2D eigenvalue weighted by atomic mass is 32.1. The second-order valence-corrected chi connectivity index (χ2v) is 5.87. The molecular formula is C14H11N3OS2. The van der Waals surface area contributed by atoms with E-state index in [1.54, 1.807) is 17.4 Å². The maximum atomic E-state index is 12.2. The van der Waals surface area contributed by atoms with Crippen LogP contribution in [0.5, 0.6) is 0 Å². The van der Waals surface area contributed by atoms with Gasteiger partial charge in [-0.3, -0.25) is 10.1 Å². The Labute approximate surface area is 124 Å². The van der Waals surface area contributed by atoms with Crippen molar-refractivity contribution in [1.82, 2.24) is 9.36 Å². The topological polar surface area (TPSA) is 54.9 Å². The fraction of sp³-hybridized carbons (Fsp3) is 0.0714. The average Bonchev–Trinajstić information content (AvgIpc) is 3.09. The molecule has 0 radical (unpaired) electrons. The highest BCUT2D eigenvalue weighted by molar-refractivity contribution is 7.14. The normalized spacial score (nSPS) is 10.4. The molecule has 0 fully saturated rings. The third-order valence-electron chi connectivity index (χ3n) is 2.78. The van der Waals surface area contributed by atoms with Gasteiger partial charge in [-0.2, -0.15) is 9.36 Å². The van der Waals surface area contributed by atoms with Gasteiger partial charge in [-0.25, -0.2) is 0 Å². The first-order chi connectivity index (χ1) is 9.74. The third kappa shape index (κ3) is 2.61. The van der Waals surface area contributed by atoms with Crippen LogP contribution < -0.4 is 5.32 Å². The number of thiophene rings is 1. The summed E-state index contributed by atoms with van der Waals surface area (Å²) >= 11 is 2.77. The molecule has 3 rings (SSSR count). The van der Waals surface area contributed by atoms with E-state index in [1.807, 2.05) is 42.6 Å². The van der Waals surface area contributed by atoms with Gasteiger partial charge in [-0.15, -0.1) is 11.3 Å². The predicted octanol–water partition coefficient (Wildman–Crippen LogP) is 3.83. The number of carbonyl (C=O) groups excluding carboxylic acids is 1. The van der Waals surface area contributed by atoms with E-state index in [2.05, 4.69) is 14.7 Å². The zero-order valence-electron chi connectivity index (χ0n) is 10.7. The van der Waals surface area contributed by atoms with Crippen molar-refractivity contribution in [1.29, 1.82) is 0 Å². The predicted molar refractivity (Wildman–Crippen MR) is 82.4 cm³/mol. The molecule has 0 saturated heterocycles. The maximum absolute atomic E-state index is 12.2. The molecule has 0 atom stereocenters. The fourth-order valence-electron chi connectivity index (χ4n) is 1.77. The molecule has 2 aromatic heterocycles. The molecule has 1 amide bonds. The minimum Gasteiger partial charge on any atom is -0.297 e. The van der Waals surface area contributed by atoms with Crippen molar-refractivity contribution >= 4 is 33.9 Å². The second-order valence-electron chi connectivity index (χ2n) is 4.17. The quantitative estimate of drug-likeness (QED) is 0.800. The highest BCUT2D eigenvalue weighted by Gasteiger charge is 2.12. The molecular weight excluding hydrogens is 290 g/mol. The van der Waals surface area contributed by atoms with Crippen LogP contribution in [0.15, 0.2) is 41.8 Å². The maximum Gasteiger partial charge on any atom is 0.257 e. The number of rotatable bonds is 3. The van der Waals surface area contributed by atoms with Crippen LogP contribution in [0.2, 0.25) is 0 Å². The molecule has 0 unspecified atom stereocenters. The first-order valence-electron chi connectivity index (χ1n) is 5.98. The zero-order valence-corrected chi connectivity index (χ0v) is 12.3. The van der Waals surface area contributed by atoms with Crippen LogP contribution in [0.4, 0.5) is 5.13 Å². The number of carbonyl (C=O) groups is 1. The zero-order chi connectivity index (χ0) is 13.9. The summed E-state index contributed by atoms with van der Waals surface area (Å²) in [5.74, 6) is 0.502. The van der Waals surface area contributed by atoms with Crippen molar-refractivity contribution < 1.29 is 4.79 Å². The molecule has 1 aromatic carbocycles.